The number of aromatic nitrogens is 1. The van der Waals surface area contributed by atoms with E-state index in [0.29, 0.717) is 23.1 Å². The topological polar surface area (TPSA) is 93.1 Å². The molecule has 0 bridgehead atoms. The van der Waals surface area contributed by atoms with Gasteiger partial charge in [0.25, 0.3) is 5.69 Å². The van der Waals surface area contributed by atoms with Crippen LogP contribution in [0.1, 0.15) is 26.4 Å². The summed E-state index contributed by atoms with van der Waals surface area (Å²) in [6, 6.07) is 6.72. The van der Waals surface area contributed by atoms with Gasteiger partial charge in [-0.1, -0.05) is 0 Å². The van der Waals surface area contributed by atoms with Gasteiger partial charge < -0.3 is 4.98 Å². The van der Waals surface area contributed by atoms with Gasteiger partial charge in [-0.15, -0.1) is 0 Å². The van der Waals surface area contributed by atoms with Gasteiger partial charge in [-0.2, -0.15) is 0 Å². The van der Waals surface area contributed by atoms with Crippen LogP contribution in [0.3, 0.4) is 0 Å². The molecule has 6 nitrogen and oxygen atoms in total. The number of rotatable bonds is 4. The van der Waals surface area contributed by atoms with Crippen molar-refractivity contribution in [3.8, 4) is 0 Å². The third kappa shape index (κ3) is 2.17. The molecule has 18 heavy (non-hydrogen) atoms. The number of benzene rings is 1. The van der Waals surface area contributed by atoms with Crippen LogP contribution in [0.15, 0.2) is 36.5 Å². The minimum atomic E-state index is -0.533. The fourth-order valence-corrected chi connectivity index (χ4v) is 1.51. The Hall–Kier alpha value is -2.76. The van der Waals surface area contributed by atoms with Gasteiger partial charge in [0.2, 0.25) is 0 Å². The maximum absolute atomic E-state index is 12.0. The molecule has 1 aromatic heterocycles. The van der Waals surface area contributed by atoms with Crippen LogP contribution in [0.25, 0.3) is 0 Å². The van der Waals surface area contributed by atoms with Gasteiger partial charge in [0.15, 0.2) is 12.1 Å². The molecule has 0 aliphatic rings. The van der Waals surface area contributed by atoms with Crippen LogP contribution >= 0.6 is 0 Å². The number of carbonyl (C=O) groups excluding carboxylic acids is 2. The molecule has 0 amide bonds. The van der Waals surface area contributed by atoms with Crippen LogP contribution in [0.2, 0.25) is 0 Å². The summed E-state index contributed by atoms with van der Waals surface area (Å²) < 4.78 is 0. The van der Waals surface area contributed by atoms with Gasteiger partial charge in [0.1, 0.15) is 0 Å². The quantitative estimate of drug-likeness (QED) is 0.385. The zero-order valence-electron chi connectivity index (χ0n) is 9.12. The molecule has 90 valence electrons. The van der Waals surface area contributed by atoms with Crippen molar-refractivity contribution in [1.29, 1.82) is 0 Å². The molecule has 1 heterocycles. The first-order valence-electron chi connectivity index (χ1n) is 5.04. The largest absolute Gasteiger partial charge is 0.358 e. The van der Waals surface area contributed by atoms with Crippen molar-refractivity contribution >= 4 is 17.8 Å². The molecule has 0 fully saturated rings. The molecule has 6 heteroatoms. The molecular weight excluding hydrogens is 236 g/mol. The van der Waals surface area contributed by atoms with E-state index in [-0.39, 0.29) is 11.5 Å². The number of carbonyl (C=O) groups is 2. The first-order chi connectivity index (χ1) is 8.61. The standard InChI is InChI=1S/C12H8N2O4/c15-7-10-5-9(6-13-10)12(16)8-1-3-11(4-2-8)14(17)18/h1-7,13H. The van der Waals surface area contributed by atoms with Crippen molar-refractivity contribution < 1.29 is 14.5 Å². The Morgan fingerprint density at radius 2 is 1.89 bits per heavy atom. The van der Waals surface area contributed by atoms with E-state index in [4.69, 9.17) is 0 Å². The molecular formula is C12H8N2O4. The third-order valence-electron chi connectivity index (χ3n) is 2.43. The maximum Gasteiger partial charge on any atom is 0.269 e. The Kier molecular flexibility index (Phi) is 3.01. The summed E-state index contributed by atoms with van der Waals surface area (Å²) in [5, 5.41) is 10.5. The molecule has 0 spiro atoms. The summed E-state index contributed by atoms with van der Waals surface area (Å²) in [4.78, 5) is 35.0. The van der Waals surface area contributed by atoms with E-state index in [9.17, 15) is 19.7 Å². The second-order valence-corrected chi connectivity index (χ2v) is 3.59. The molecule has 0 unspecified atom stereocenters. The van der Waals surface area contributed by atoms with Crippen molar-refractivity contribution in [1.82, 2.24) is 4.98 Å². The van der Waals surface area contributed by atoms with Crippen molar-refractivity contribution in [2.75, 3.05) is 0 Å². The highest BCUT2D eigenvalue weighted by Gasteiger charge is 2.12. The lowest BCUT2D eigenvalue weighted by molar-refractivity contribution is -0.384. The zero-order chi connectivity index (χ0) is 13.1. The number of nitrogens with zero attached hydrogens (tertiary/aromatic N) is 1. The predicted molar refractivity (Wildman–Crippen MR) is 62.7 cm³/mol. The van der Waals surface area contributed by atoms with Gasteiger partial charge in [0.05, 0.1) is 10.6 Å². The Labute approximate surface area is 101 Å². The van der Waals surface area contributed by atoms with Crippen LogP contribution in [0, 0.1) is 10.1 Å². The molecule has 0 atom stereocenters. The molecule has 1 N–H and O–H groups in total. The minimum Gasteiger partial charge on any atom is -0.358 e. The number of hydrogen-bond donors (Lipinski definition) is 1. The Balaban J connectivity index is 2.28. The van der Waals surface area contributed by atoms with E-state index in [2.05, 4.69) is 4.98 Å². The summed E-state index contributed by atoms with van der Waals surface area (Å²) in [6.07, 6.45) is 2.03. The van der Waals surface area contributed by atoms with Gasteiger partial charge in [-0.3, -0.25) is 19.7 Å². The van der Waals surface area contributed by atoms with Crippen molar-refractivity contribution in [2.45, 2.75) is 0 Å². The lowest BCUT2D eigenvalue weighted by Crippen LogP contribution is -1.99. The van der Waals surface area contributed by atoms with E-state index in [1.165, 1.54) is 36.5 Å². The van der Waals surface area contributed by atoms with E-state index < -0.39 is 4.92 Å². The van der Waals surface area contributed by atoms with Crippen LogP contribution in [-0.4, -0.2) is 22.0 Å². The molecule has 0 aliphatic carbocycles. The van der Waals surface area contributed by atoms with E-state index >= 15 is 0 Å². The number of hydrogen-bond acceptors (Lipinski definition) is 4. The molecule has 2 rings (SSSR count). The van der Waals surface area contributed by atoms with Gasteiger partial charge in [-0.25, -0.2) is 0 Å². The second-order valence-electron chi connectivity index (χ2n) is 3.59. The smallest absolute Gasteiger partial charge is 0.269 e. The van der Waals surface area contributed by atoms with Crippen LogP contribution in [0.4, 0.5) is 5.69 Å². The number of nitrogens with one attached hydrogen (secondary N) is 1. The number of nitro benzene ring substituents is 1. The maximum atomic E-state index is 12.0. The fourth-order valence-electron chi connectivity index (χ4n) is 1.51. The van der Waals surface area contributed by atoms with Gasteiger partial charge in [-0.05, 0) is 18.2 Å². The first-order valence-corrected chi connectivity index (χ1v) is 5.04. The number of non-ortho nitro benzene ring substituents is 1. The van der Waals surface area contributed by atoms with Gasteiger partial charge >= 0.3 is 0 Å². The number of aldehydes is 1. The lowest BCUT2D eigenvalue weighted by Gasteiger charge is -1.97. The highest BCUT2D eigenvalue weighted by Crippen LogP contribution is 2.15. The molecule has 2 aromatic rings. The predicted octanol–water partition coefficient (Wildman–Crippen LogP) is 1.97. The van der Waals surface area contributed by atoms with Crippen molar-refractivity contribution in [3.63, 3.8) is 0 Å². The minimum absolute atomic E-state index is 0.0748. The Morgan fingerprint density at radius 1 is 1.22 bits per heavy atom. The summed E-state index contributed by atoms with van der Waals surface area (Å²) in [5.41, 5.74) is 0.900. The highest BCUT2D eigenvalue weighted by molar-refractivity contribution is 6.09. The Morgan fingerprint density at radius 3 is 2.39 bits per heavy atom. The first kappa shape index (κ1) is 11.7. The summed E-state index contributed by atoms with van der Waals surface area (Å²) in [5.74, 6) is -0.297. The third-order valence-corrected chi connectivity index (χ3v) is 2.43. The fraction of sp³-hybridized carbons (Fsp3) is 0. The van der Waals surface area contributed by atoms with E-state index in [1.54, 1.807) is 0 Å². The van der Waals surface area contributed by atoms with Crippen LogP contribution < -0.4 is 0 Å². The number of ketones is 1. The van der Waals surface area contributed by atoms with E-state index in [0.717, 1.165) is 0 Å². The number of aromatic amines is 1. The molecule has 0 radical (unpaired) electrons. The average molecular weight is 244 g/mol. The van der Waals surface area contributed by atoms with Crippen molar-refractivity contribution in [3.05, 3.63) is 63.5 Å². The molecule has 0 saturated carbocycles. The highest BCUT2D eigenvalue weighted by atomic mass is 16.6. The van der Waals surface area contributed by atoms with E-state index in [1.807, 2.05) is 0 Å². The van der Waals surface area contributed by atoms with Crippen molar-refractivity contribution in [2.24, 2.45) is 0 Å². The number of H-pyrrole nitrogens is 1. The second kappa shape index (κ2) is 4.62. The van der Waals surface area contributed by atoms with Gasteiger partial charge in [0, 0.05) is 29.5 Å². The summed E-state index contributed by atoms with van der Waals surface area (Å²) >= 11 is 0. The molecule has 1 aromatic carbocycles. The monoisotopic (exact) mass is 244 g/mol. The SMILES string of the molecule is O=Cc1cc(C(=O)c2ccc([N+](=O)[O-])cc2)c[nH]1. The summed E-state index contributed by atoms with van der Waals surface area (Å²) in [6.45, 7) is 0. The molecule has 0 saturated heterocycles. The van der Waals surface area contributed by atoms with Crippen LogP contribution in [-0.2, 0) is 0 Å². The Bertz CT molecular complexity index is 613. The lowest BCUT2D eigenvalue weighted by atomic mass is 10.1. The van der Waals surface area contributed by atoms with Crippen LogP contribution in [0.5, 0.6) is 0 Å². The summed E-state index contributed by atoms with van der Waals surface area (Å²) in [7, 11) is 0. The zero-order valence-corrected chi connectivity index (χ0v) is 9.12. The average Bonchev–Trinajstić information content (AvgIpc) is 2.86. The number of nitro groups is 1. The normalized spacial score (nSPS) is 10.0. The molecule has 0 aliphatic heterocycles.